The van der Waals surface area contributed by atoms with E-state index in [1.165, 1.54) is 0 Å². The molecule has 0 heterocycles. The molecule has 0 aliphatic heterocycles. The predicted octanol–water partition coefficient (Wildman–Crippen LogP) is 2.73. The number of benzene rings is 1. The zero-order valence-electron chi connectivity index (χ0n) is 13.5. The normalized spacial score (nSPS) is 11.7. The van der Waals surface area contributed by atoms with Crippen LogP contribution in [0.1, 0.15) is 31.9 Å². The molecule has 0 saturated heterocycles. The summed E-state index contributed by atoms with van der Waals surface area (Å²) < 4.78 is 24.0. The number of carbonyl (C=O) groups excluding carboxylic acids is 1. The van der Waals surface area contributed by atoms with Crippen LogP contribution in [0, 0.1) is 19.8 Å². The van der Waals surface area contributed by atoms with Crippen LogP contribution in [0.5, 0.6) is 0 Å². The number of aryl methyl sites for hydroxylation is 2. The van der Waals surface area contributed by atoms with Crippen molar-refractivity contribution >= 4 is 21.4 Å². The van der Waals surface area contributed by atoms with Gasteiger partial charge in [-0.05, 0) is 43.9 Å². The summed E-state index contributed by atoms with van der Waals surface area (Å²) in [5.74, 6) is -0.708. The SMILES string of the molecule is CCN(C(=O)CS(=O)(=O)CC(C)C)c1cc(C)ccc1C. The van der Waals surface area contributed by atoms with E-state index >= 15 is 0 Å². The smallest absolute Gasteiger partial charge is 0.242 e. The van der Waals surface area contributed by atoms with Crippen molar-refractivity contribution in [3.63, 3.8) is 0 Å². The summed E-state index contributed by atoms with van der Waals surface area (Å²) in [5.41, 5.74) is 2.81. The number of sulfone groups is 1. The van der Waals surface area contributed by atoms with Crippen LogP contribution in [0.4, 0.5) is 5.69 Å². The van der Waals surface area contributed by atoms with Crippen LogP contribution >= 0.6 is 0 Å². The van der Waals surface area contributed by atoms with Gasteiger partial charge in [-0.1, -0.05) is 26.0 Å². The van der Waals surface area contributed by atoms with E-state index in [0.29, 0.717) is 6.54 Å². The van der Waals surface area contributed by atoms with Crippen molar-refractivity contribution in [3.05, 3.63) is 29.3 Å². The number of amides is 1. The maximum Gasteiger partial charge on any atom is 0.242 e. The number of rotatable bonds is 6. The summed E-state index contributed by atoms with van der Waals surface area (Å²) in [5, 5.41) is 0. The number of hydrogen-bond donors (Lipinski definition) is 0. The summed E-state index contributed by atoms with van der Waals surface area (Å²) in [6.07, 6.45) is 0. The van der Waals surface area contributed by atoms with Gasteiger partial charge in [0.1, 0.15) is 5.75 Å². The minimum absolute atomic E-state index is 0.0265. The quantitative estimate of drug-likeness (QED) is 0.811. The van der Waals surface area contributed by atoms with Crippen molar-refractivity contribution in [3.8, 4) is 0 Å². The second kappa shape index (κ2) is 7.07. The van der Waals surface area contributed by atoms with Crippen molar-refractivity contribution in [2.45, 2.75) is 34.6 Å². The fourth-order valence-corrected chi connectivity index (χ4v) is 3.99. The van der Waals surface area contributed by atoms with E-state index in [2.05, 4.69) is 0 Å². The maximum absolute atomic E-state index is 12.4. The van der Waals surface area contributed by atoms with Gasteiger partial charge in [-0.15, -0.1) is 0 Å². The fraction of sp³-hybridized carbons (Fsp3) is 0.562. The standard InChI is InChI=1S/C16H25NO3S/c1-6-17(15-9-13(4)7-8-14(15)5)16(18)11-21(19,20)10-12(2)3/h7-9,12H,6,10-11H2,1-5H3. The van der Waals surface area contributed by atoms with Gasteiger partial charge < -0.3 is 4.90 Å². The zero-order valence-corrected chi connectivity index (χ0v) is 14.3. The van der Waals surface area contributed by atoms with Crippen LogP contribution in [0.25, 0.3) is 0 Å². The second-order valence-corrected chi connectivity index (χ2v) is 7.99. The fourth-order valence-electron chi connectivity index (χ4n) is 2.32. The lowest BCUT2D eigenvalue weighted by atomic mass is 10.1. The van der Waals surface area contributed by atoms with Crippen LogP contribution in [0.2, 0.25) is 0 Å². The third kappa shape index (κ3) is 5.16. The molecule has 0 N–H and O–H groups in total. The van der Waals surface area contributed by atoms with Gasteiger partial charge >= 0.3 is 0 Å². The number of anilines is 1. The Hall–Kier alpha value is -1.36. The number of carbonyl (C=O) groups is 1. The average molecular weight is 311 g/mol. The van der Waals surface area contributed by atoms with Crippen molar-refractivity contribution < 1.29 is 13.2 Å². The molecule has 0 saturated carbocycles. The molecule has 1 aromatic carbocycles. The first-order chi connectivity index (χ1) is 9.66. The molecule has 1 aromatic rings. The second-order valence-electron chi connectivity index (χ2n) is 5.88. The van der Waals surface area contributed by atoms with Gasteiger partial charge in [-0.25, -0.2) is 8.42 Å². The molecule has 0 aromatic heterocycles. The van der Waals surface area contributed by atoms with Crippen molar-refractivity contribution in [1.82, 2.24) is 0 Å². The molecular formula is C16H25NO3S. The zero-order chi connectivity index (χ0) is 16.2. The molecule has 0 fully saturated rings. The van der Waals surface area contributed by atoms with E-state index in [1.54, 1.807) is 4.90 Å². The highest BCUT2D eigenvalue weighted by Gasteiger charge is 2.23. The summed E-state index contributed by atoms with van der Waals surface area (Å²) in [6, 6.07) is 5.85. The minimum Gasteiger partial charge on any atom is -0.312 e. The average Bonchev–Trinajstić information content (AvgIpc) is 2.32. The van der Waals surface area contributed by atoms with E-state index in [0.717, 1.165) is 16.8 Å². The molecule has 0 spiro atoms. The molecule has 0 aliphatic rings. The topological polar surface area (TPSA) is 54.5 Å². The van der Waals surface area contributed by atoms with Gasteiger partial charge in [0.05, 0.1) is 5.75 Å². The summed E-state index contributed by atoms with van der Waals surface area (Å²) in [7, 11) is -3.36. The molecule has 0 atom stereocenters. The molecule has 1 amide bonds. The first kappa shape index (κ1) is 17.7. The Bertz CT molecular complexity index is 606. The van der Waals surface area contributed by atoms with Crippen LogP contribution in [-0.2, 0) is 14.6 Å². The largest absolute Gasteiger partial charge is 0.312 e. The third-order valence-corrected chi connectivity index (χ3v) is 5.06. The van der Waals surface area contributed by atoms with E-state index < -0.39 is 15.6 Å². The minimum atomic E-state index is -3.36. The van der Waals surface area contributed by atoms with Gasteiger partial charge in [-0.3, -0.25) is 4.79 Å². The molecule has 21 heavy (non-hydrogen) atoms. The molecule has 5 heteroatoms. The Morgan fingerprint density at radius 3 is 2.38 bits per heavy atom. The van der Waals surface area contributed by atoms with E-state index in [-0.39, 0.29) is 17.6 Å². The molecule has 0 unspecified atom stereocenters. The van der Waals surface area contributed by atoms with Gasteiger partial charge in [0, 0.05) is 12.2 Å². The lowest BCUT2D eigenvalue weighted by Crippen LogP contribution is -2.37. The van der Waals surface area contributed by atoms with E-state index in [1.807, 2.05) is 52.8 Å². The Balaban J connectivity index is 3.00. The molecule has 0 radical (unpaired) electrons. The number of hydrogen-bond acceptors (Lipinski definition) is 3. The molecule has 118 valence electrons. The molecule has 1 rings (SSSR count). The molecule has 4 nitrogen and oxygen atoms in total. The summed E-state index contributed by atoms with van der Waals surface area (Å²) in [6.45, 7) is 9.87. The third-order valence-electron chi connectivity index (χ3n) is 3.20. The molecule has 0 bridgehead atoms. The Labute approximate surface area is 128 Å². The van der Waals surface area contributed by atoms with Gasteiger partial charge in [0.25, 0.3) is 0 Å². The Morgan fingerprint density at radius 2 is 1.86 bits per heavy atom. The first-order valence-corrected chi connectivity index (χ1v) is 9.06. The van der Waals surface area contributed by atoms with Crippen LogP contribution in [0.3, 0.4) is 0 Å². The van der Waals surface area contributed by atoms with Crippen LogP contribution in [0.15, 0.2) is 18.2 Å². The summed E-state index contributed by atoms with van der Waals surface area (Å²) in [4.78, 5) is 13.9. The van der Waals surface area contributed by atoms with Crippen LogP contribution < -0.4 is 4.90 Å². The Kier molecular flexibility index (Phi) is 5.96. The Morgan fingerprint density at radius 1 is 1.24 bits per heavy atom. The number of nitrogens with zero attached hydrogens (tertiary/aromatic N) is 1. The first-order valence-electron chi connectivity index (χ1n) is 7.24. The molecule has 0 aliphatic carbocycles. The highest BCUT2D eigenvalue weighted by Crippen LogP contribution is 2.22. The van der Waals surface area contributed by atoms with E-state index in [9.17, 15) is 13.2 Å². The van der Waals surface area contributed by atoms with E-state index in [4.69, 9.17) is 0 Å². The molecular weight excluding hydrogens is 286 g/mol. The van der Waals surface area contributed by atoms with Crippen LogP contribution in [-0.4, -0.2) is 32.4 Å². The van der Waals surface area contributed by atoms with Gasteiger partial charge in [0.2, 0.25) is 5.91 Å². The van der Waals surface area contributed by atoms with Gasteiger partial charge in [0.15, 0.2) is 9.84 Å². The van der Waals surface area contributed by atoms with Crippen molar-refractivity contribution in [2.24, 2.45) is 5.92 Å². The lowest BCUT2D eigenvalue weighted by molar-refractivity contribution is -0.116. The van der Waals surface area contributed by atoms with Gasteiger partial charge in [-0.2, -0.15) is 0 Å². The highest BCUT2D eigenvalue weighted by molar-refractivity contribution is 7.92. The van der Waals surface area contributed by atoms with Crippen molar-refractivity contribution in [2.75, 3.05) is 23.0 Å². The lowest BCUT2D eigenvalue weighted by Gasteiger charge is -2.23. The predicted molar refractivity (Wildman–Crippen MR) is 87.4 cm³/mol. The van der Waals surface area contributed by atoms with Crippen molar-refractivity contribution in [1.29, 1.82) is 0 Å². The monoisotopic (exact) mass is 311 g/mol. The maximum atomic E-state index is 12.4. The highest BCUT2D eigenvalue weighted by atomic mass is 32.2. The summed E-state index contributed by atoms with van der Waals surface area (Å²) >= 11 is 0.